The van der Waals surface area contributed by atoms with Crippen LogP contribution in [0.2, 0.25) is 5.02 Å². The summed E-state index contributed by atoms with van der Waals surface area (Å²) >= 11 is 6.39. The maximum absolute atomic E-state index is 13.6. The average molecular weight is 490 g/mol. The predicted octanol–water partition coefficient (Wildman–Crippen LogP) is 3.97. The number of halogens is 1. The quantitative estimate of drug-likeness (QED) is 0.452. The van der Waals surface area contributed by atoms with E-state index in [-0.39, 0.29) is 31.0 Å². The third-order valence-electron chi connectivity index (χ3n) is 6.40. The molecule has 0 saturated heterocycles. The average Bonchev–Trinajstić information content (AvgIpc) is 3.28. The highest BCUT2D eigenvalue weighted by Crippen LogP contribution is 2.25. The van der Waals surface area contributed by atoms with Crippen molar-refractivity contribution >= 4 is 23.4 Å². The van der Waals surface area contributed by atoms with Gasteiger partial charge in [0.05, 0.1) is 19.7 Å². The molecule has 0 radical (unpaired) electrons. The molecule has 3 rings (SSSR count). The summed E-state index contributed by atoms with van der Waals surface area (Å²) in [5.41, 5.74) is 2.08. The number of carbonyl (C=O) groups is 2. The lowest BCUT2D eigenvalue weighted by molar-refractivity contribution is -0.145. The molecule has 2 amide bonds. The van der Waals surface area contributed by atoms with E-state index in [1.807, 2.05) is 41.4 Å². The topological polar surface area (TPSA) is 64.0 Å². The van der Waals surface area contributed by atoms with Crippen molar-refractivity contribution in [3.05, 3.63) is 58.9 Å². The Labute approximate surface area is 207 Å². The Morgan fingerprint density at radius 3 is 2.50 bits per heavy atom. The van der Waals surface area contributed by atoms with Crippen LogP contribution in [0.4, 0.5) is 0 Å². The van der Waals surface area contributed by atoms with Crippen molar-refractivity contribution in [1.82, 2.24) is 14.4 Å². The van der Waals surface area contributed by atoms with Gasteiger partial charge < -0.3 is 23.8 Å². The summed E-state index contributed by atoms with van der Waals surface area (Å²) in [6, 6.07) is 12.0. The largest absolute Gasteiger partial charge is 0.383 e. The molecule has 2 aromatic rings. The fourth-order valence-electron chi connectivity index (χ4n) is 4.51. The normalized spacial score (nSPS) is 14.2. The van der Waals surface area contributed by atoms with E-state index in [0.29, 0.717) is 26.2 Å². The molecule has 1 aliphatic carbocycles. The number of hydrogen-bond donors (Lipinski definition) is 0. The minimum atomic E-state index is -0.210. The van der Waals surface area contributed by atoms with Gasteiger partial charge in [-0.15, -0.1) is 0 Å². The number of amides is 2. The molecule has 8 heteroatoms. The van der Waals surface area contributed by atoms with Crippen molar-refractivity contribution < 1.29 is 19.1 Å². The van der Waals surface area contributed by atoms with Crippen LogP contribution in [0.5, 0.6) is 0 Å². The molecule has 7 nitrogen and oxygen atoms in total. The first-order valence-corrected chi connectivity index (χ1v) is 12.3. The van der Waals surface area contributed by atoms with E-state index in [4.69, 9.17) is 21.1 Å². The number of carbonyl (C=O) groups excluding carboxylic acids is 2. The fourth-order valence-corrected chi connectivity index (χ4v) is 4.70. The highest BCUT2D eigenvalue weighted by Gasteiger charge is 2.28. The highest BCUT2D eigenvalue weighted by molar-refractivity contribution is 6.31. The van der Waals surface area contributed by atoms with Crippen molar-refractivity contribution in [1.29, 1.82) is 0 Å². The lowest BCUT2D eigenvalue weighted by Gasteiger charge is -2.36. The van der Waals surface area contributed by atoms with Gasteiger partial charge in [0, 0.05) is 50.3 Å². The molecule has 1 heterocycles. The molecule has 0 spiro atoms. The van der Waals surface area contributed by atoms with E-state index in [1.54, 1.807) is 7.11 Å². The van der Waals surface area contributed by atoms with E-state index in [9.17, 15) is 9.59 Å². The Morgan fingerprint density at radius 2 is 1.79 bits per heavy atom. The Balaban J connectivity index is 1.79. The first kappa shape index (κ1) is 26.3. The SMILES string of the molecule is COCCN(CC(=O)N(Cc1cccn1Cc1ccccc1Cl)C1CCCCC1)C(=O)COC. The maximum atomic E-state index is 13.6. The number of hydrogen-bond acceptors (Lipinski definition) is 4. The van der Waals surface area contributed by atoms with Crippen molar-refractivity contribution in [3.63, 3.8) is 0 Å². The van der Waals surface area contributed by atoms with E-state index in [2.05, 4.69) is 10.6 Å². The van der Waals surface area contributed by atoms with Crippen molar-refractivity contribution in [2.75, 3.05) is 40.5 Å². The van der Waals surface area contributed by atoms with Crippen LogP contribution >= 0.6 is 11.6 Å². The Kier molecular flexibility index (Phi) is 10.4. The monoisotopic (exact) mass is 489 g/mol. The third kappa shape index (κ3) is 7.32. The zero-order chi connectivity index (χ0) is 24.3. The Bertz CT molecular complexity index is 926. The highest BCUT2D eigenvalue weighted by atomic mass is 35.5. The zero-order valence-electron chi connectivity index (χ0n) is 20.2. The number of benzene rings is 1. The summed E-state index contributed by atoms with van der Waals surface area (Å²) in [6.45, 7) is 1.82. The molecule has 1 aliphatic rings. The lowest BCUT2D eigenvalue weighted by Crippen LogP contribution is -2.48. The van der Waals surface area contributed by atoms with Crippen LogP contribution in [0.3, 0.4) is 0 Å². The molecule has 1 saturated carbocycles. The summed E-state index contributed by atoms with van der Waals surface area (Å²) in [5.74, 6) is -0.253. The molecule has 0 atom stereocenters. The minimum absolute atomic E-state index is 0.0211. The fraction of sp³-hybridized carbons (Fsp3) is 0.538. The molecule has 0 N–H and O–H groups in total. The van der Waals surface area contributed by atoms with Crippen molar-refractivity contribution in [2.45, 2.75) is 51.2 Å². The van der Waals surface area contributed by atoms with Gasteiger partial charge in [0.2, 0.25) is 11.8 Å². The minimum Gasteiger partial charge on any atom is -0.383 e. The van der Waals surface area contributed by atoms with Crippen LogP contribution < -0.4 is 0 Å². The van der Waals surface area contributed by atoms with Crippen LogP contribution in [-0.2, 0) is 32.2 Å². The maximum Gasteiger partial charge on any atom is 0.249 e. The van der Waals surface area contributed by atoms with Gasteiger partial charge in [-0.25, -0.2) is 0 Å². The standard InChI is InChI=1S/C26H36ClN3O4/c1-33-16-15-29(26(32)20-34-2)19-25(31)30(22-10-4-3-5-11-22)18-23-12-8-14-28(23)17-21-9-6-7-13-24(21)27/h6-9,12-14,22H,3-5,10-11,15-20H2,1-2H3. The van der Waals surface area contributed by atoms with E-state index in [0.717, 1.165) is 42.0 Å². The molecule has 0 unspecified atom stereocenters. The van der Waals surface area contributed by atoms with Crippen LogP contribution in [0, 0.1) is 0 Å². The van der Waals surface area contributed by atoms with Crippen molar-refractivity contribution in [2.24, 2.45) is 0 Å². The smallest absolute Gasteiger partial charge is 0.249 e. The van der Waals surface area contributed by atoms with E-state index in [1.165, 1.54) is 18.4 Å². The molecule has 186 valence electrons. The zero-order valence-corrected chi connectivity index (χ0v) is 21.0. The lowest BCUT2D eigenvalue weighted by atomic mass is 9.94. The first-order valence-electron chi connectivity index (χ1n) is 12.0. The molecule has 1 aromatic carbocycles. The number of aromatic nitrogens is 1. The second-order valence-corrected chi connectivity index (χ2v) is 9.18. The van der Waals surface area contributed by atoms with Crippen molar-refractivity contribution in [3.8, 4) is 0 Å². The van der Waals surface area contributed by atoms with Gasteiger partial charge in [0.1, 0.15) is 6.61 Å². The van der Waals surface area contributed by atoms with E-state index < -0.39 is 0 Å². The molecular weight excluding hydrogens is 454 g/mol. The Morgan fingerprint density at radius 1 is 1.03 bits per heavy atom. The van der Waals surface area contributed by atoms with Crippen LogP contribution in [0.15, 0.2) is 42.6 Å². The van der Waals surface area contributed by atoms with Gasteiger partial charge >= 0.3 is 0 Å². The summed E-state index contributed by atoms with van der Waals surface area (Å²) in [5, 5.41) is 0.729. The van der Waals surface area contributed by atoms with Gasteiger partial charge in [0.25, 0.3) is 0 Å². The number of rotatable bonds is 12. The van der Waals surface area contributed by atoms with Crippen LogP contribution in [-0.4, -0.2) is 72.7 Å². The van der Waals surface area contributed by atoms with Crippen LogP contribution in [0.25, 0.3) is 0 Å². The molecule has 34 heavy (non-hydrogen) atoms. The molecular formula is C26H36ClN3O4. The number of nitrogens with zero attached hydrogens (tertiary/aromatic N) is 3. The van der Waals surface area contributed by atoms with Gasteiger partial charge in [-0.1, -0.05) is 49.1 Å². The van der Waals surface area contributed by atoms with Gasteiger partial charge in [-0.05, 0) is 36.6 Å². The molecule has 1 fully saturated rings. The summed E-state index contributed by atoms with van der Waals surface area (Å²) in [6.07, 6.45) is 7.43. The molecule has 0 aliphatic heterocycles. The molecule has 1 aromatic heterocycles. The first-order chi connectivity index (χ1) is 16.5. The summed E-state index contributed by atoms with van der Waals surface area (Å²) in [4.78, 5) is 29.6. The third-order valence-corrected chi connectivity index (χ3v) is 6.77. The van der Waals surface area contributed by atoms with Gasteiger partial charge in [-0.3, -0.25) is 9.59 Å². The van der Waals surface area contributed by atoms with Gasteiger partial charge in [-0.2, -0.15) is 0 Å². The number of methoxy groups -OCH3 is 2. The second-order valence-electron chi connectivity index (χ2n) is 8.77. The summed E-state index contributed by atoms with van der Waals surface area (Å²) in [7, 11) is 3.07. The van der Waals surface area contributed by atoms with Gasteiger partial charge in [0.15, 0.2) is 0 Å². The van der Waals surface area contributed by atoms with E-state index >= 15 is 0 Å². The number of ether oxygens (including phenoxy) is 2. The summed E-state index contributed by atoms with van der Waals surface area (Å²) < 4.78 is 12.3. The Hall–Kier alpha value is -2.35. The van der Waals surface area contributed by atoms with Crippen LogP contribution in [0.1, 0.15) is 43.4 Å². The molecule has 0 bridgehead atoms. The second kappa shape index (κ2) is 13.5. The predicted molar refractivity (Wildman–Crippen MR) is 133 cm³/mol.